The number of hydrogen-bond acceptors (Lipinski definition) is 3. The highest BCUT2D eigenvalue weighted by Gasteiger charge is 2.10. The zero-order valence-electron chi connectivity index (χ0n) is 9.52. The van der Waals surface area contributed by atoms with Gasteiger partial charge < -0.3 is 0 Å². The van der Waals surface area contributed by atoms with E-state index in [9.17, 15) is 14.4 Å². The zero-order chi connectivity index (χ0) is 14.0. The molecule has 0 amide bonds. The second-order valence-electron chi connectivity index (χ2n) is 3.80. The summed E-state index contributed by atoms with van der Waals surface area (Å²) in [6, 6.07) is 6.81. The Bertz CT molecular complexity index is 751. The highest BCUT2D eigenvalue weighted by atomic mass is 79.9. The molecule has 1 aromatic carbocycles. The number of rotatable bonds is 3. The summed E-state index contributed by atoms with van der Waals surface area (Å²) >= 11 is 8.88. The van der Waals surface area contributed by atoms with Crippen LogP contribution in [0.4, 0.5) is 0 Å². The molecule has 0 saturated heterocycles. The Labute approximate surface area is 121 Å². The molecule has 19 heavy (non-hydrogen) atoms. The van der Waals surface area contributed by atoms with Crippen molar-refractivity contribution in [2.75, 3.05) is 0 Å². The summed E-state index contributed by atoms with van der Waals surface area (Å²) in [4.78, 5) is 36.6. The molecule has 1 heterocycles. The number of benzene rings is 1. The molecule has 0 spiro atoms. The van der Waals surface area contributed by atoms with E-state index in [-0.39, 0.29) is 17.4 Å². The van der Waals surface area contributed by atoms with Gasteiger partial charge in [-0.3, -0.25) is 19.1 Å². The number of carbonyl (C=O) groups is 1. The average Bonchev–Trinajstić information content (AvgIpc) is 2.36. The summed E-state index contributed by atoms with van der Waals surface area (Å²) in [5.41, 5.74) is -0.876. The lowest BCUT2D eigenvalue weighted by Gasteiger charge is -2.05. The summed E-state index contributed by atoms with van der Waals surface area (Å²) in [7, 11) is 0. The monoisotopic (exact) mass is 342 g/mol. The molecular formula is C12H8BrClN2O3. The summed E-state index contributed by atoms with van der Waals surface area (Å²) in [5.74, 6) is -0.258. The van der Waals surface area contributed by atoms with Gasteiger partial charge in [0.2, 0.25) is 0 Å². The molecule has 0 radical (unpaired) electrons. The number of hydrogen-bond donors (Lipinski definition) is 1. The highest BCUT2D eigenvalue weighted by molar-refractivity contribution is 9.10. The Kier molecular flexibility index (Phi) is 4.01. The quantitative estimate of drug-likeness (QED) is 0.864. The molecule has 2 aromatic rings. The van der Waals surface area contributed by atoms with Crippen LogP contribution in [0.15, 0.2) is 44.5 Å². The molecule has 5 nitrogen and oxygen atoms in total. The second kappa shape index (κ2) is 5.54. The third-order valence-electron chi connectivity index (χ3n) is 2.43. The van der Waals surface area contributed by atoms with Gasteiger partial charge in [-0.25, -0.2) is 4.79 Å². The van der Waals surface area contributed by atoms with Crippen LogP contribution in [0.2, 0.25) is 5.02 Å². The number of nitrogens with zero attached hydrogens (tertiary/aromatic N) is 1. The van der Waals surface area contributed by atoms with E-state index in [1.807, 2.05) is 4.98 Å². The third-order valence-corrected chi connectivity index (χ3v) is 3.19. The number of halogens is 2. The molecule has 2 rings (SSSR count). The normalized spacial score (nSPS) is 10.4. The number of H-pyrrole nitrogens is 1. The molecule has 0 fully saturated rings. The van der Waals surface area contributed by atoms with Crippen molar-refractivity contribution in [2.45, 2.75) is 6.54 Å². The van der Waals surface area contributed by atoms with Gasteiger partial charge in [-0.15, -0.1) is 0 Å². The van der Waals surface area contributed by atoms with Gasteiger partial charge in [-0.2, -0.15) is 0 Å². The van der Waals surface area contributed by atoms with Crippen molar-refractivity contribution in [3.8, 4) is 0 Å². The SMILES string of the molecule is O=C(Cn1cc(Cl)c(=O)[nH]c1=O)c1cccc(Br)c1. The average molecular weight is 344 g/mol. The molecule has 0 aliphatic rings. The van der Waals surface area contributed by atoms with Gasteiger partial charge in [0.05, 0.1) is 6.54 Å². The third kappa shape index (κ3) is 3.21. The van der Waals surface area contributed by atoms with E-state index < -0.39 is 11.2 Å². The topological polar surface area (TPSA) is 71.9 Å². The minimum atomic E-state index is -0.669. The van der Waals surface area contributed by atoms with Crippen LogP contribution < -0.4 is 11.2 Å². The summed E-state index contributed by atoms with van der Waals surface area (Å²) in [6.07, 6.45) is 1.15. The number of carbonyl (C=O) groups excluding carboxylic acids is 1. The largest absolute Gasteiger partial charge is 0.328 e. The van der Waals surface area contributed by atoms with Crippen molar-refractivity contribution in [3.05, 3.63) is 66.4 Å². The Morgan fingerprint density at radius 3 is 2.79 bits per heavy atom. The molecule has 0 aliphatic heterocycles. The van der Waals surface area contributed by atoms with E-state index in [0.717, 1.165) is 15.2 Å². The lowest BCUT2D eigenvalue weighted by molar-refractivity contribution is 0.0970. The second-order valence-corrected chi connectivity index (χ2v) is 5.12. The molecule has 98 valence electrons. The molecule has 0 atom stereocenters. The van der Waals surface area contributed by atoms with E-state index in [2.05, 4.69) is 15.9 Å². The number of aromatic nitrogens is 2. The lowest BCUT2D eigenvalue weighted by Crippen LogP contribution is -2.31. The first-order valence-electron chi connectivity index (χ1n) is 5.25. The first kappa shape index (κ1) is 13.8. The van der Waals surface area contributed by atoms with Crippen molar-refractivity contribution >= 4 is 33.3 Å². The van der Waals surface area contributed by atoms with E-state index in [1.54, 1.807) is 24.3 Å². The number of Topliss-reactive ketones (excluding diaryl/α,β-unsaturated/α-hetero) is 1. The summed E-state index contributed by atoms with van der Waals surface area (Å²) < 4.78 is 1.83. The van der Waals surface area contributed by atoms with Crippen LogP contribution in [-0.2, 0) is 6.54 Å². The first-order chi connectivity index (χ1) is 8.97. The van der Waals surface area contributed by atoms with Crippen LogP contribution >= 0.6 is 27.5 Å². The van der Waals surface area contributed by atoms with Crippen LogP contribution in [0, 0.1) is 0 Å². The van der Waals surface area contributed by atoms with Crippen LogP contribution in [0.3, 0.4) is 0 Å². The van der Waals surface area contributed by atoms with Gasteiger partial charge in [-0.05, 0) is 12.1 Å². The van der Waals surface area contributed by atoms with E-state index in [1.165, 1.54) is 0 Å². The van der Waals surface area contributed by atoms with Gasteiger partial charge >= 0.3 is 5.69 Å². The minimum absolute atomic E-state index is 0.137. The molecule has 1 N–H and O–H groups in total. The summed E-state index contributed by atoms with van der Waals surface area (Å²) in [6.45, 7) is -0.189. The fourth-order valence-corrected chi connectivity index (χ4v) is 2.07. The highest BCUT2D eigenvalue weighted by Crippen LogP contribution is 2.12. The molecule has 7 heteroatoms. The van der Waals surface area contributed by atoms with Crippen molar-refractivity contribution < 1.29 is 4.79 Å². The fraction of sp³-hybridized carbons (Fsp3) is 0.0833. The smallest absolute Gasteiger partial charge is 0.292 e. The molecule has 0 aliphatic carbocycles. The molecular weight excluding hydrogens is 336 g/mol. The Morgan fingerprint density at radius 1 is 1.37 bits per heavy atom. The van der Waals surface area contributed by atoms with Crippen molar-refractivity contribution in [3.63, 3.8) is 0 Å². The number of aromatic amines is 1. The van der Waals surface area contributed by atoms with Crippen molar-refractivity contribution in [2.24, 2.45) is 0 Å². The molecule has 1 aromatic heterocycles. The van der Waals surface area contributed by atoms with Gasteiger partial charge in [-0.1, -0.05) is 39.7 Å². The van der Waals surface area contributed by atoms with E-state index >= 15 is 0 Å². The van der Waals surface area contributed by atoms with Gasteiger partial charge in [0.1, 0.15) is 5.02 Å². The molecule has 0 bridgehead atoms. The van der Waals surface area contributed by atoms with Crippen molar-refractivity contribution in [1.29, 1.82) is 0 Å². The predicted octanol–water partition coefficient (Wildman–Crippen LogP) is 1.84. The van der Waals surface area contributed by atoms with Crippen LogP contribution in [0.1, 0.15) is 10.4 Å². The lowest BCUT2D eigenvalue weighted by atomic mass is 10.1. The van der Waals surface area contributed by atoms with Gasteiger partial charge in [0, 0.05) is 16.2 Å². The van der Waals surface area contributed by atoms with Crippen LogP contribution in [0.5, 0.6) is 0 Å². The number of ketones is 1. The van der Waals surface area contributed by atoms with E-state index in [4.69, 9.17) is 11.6 Å². The Hall–Kier alpha value is -1.66. The summed E-state index contributed by atoms with van der Waals surface area (Å²) in [5, 5.41) is -0.137. The van der Waals surface area contributed by atoms with Crippen molar-refractivity contribution in [1.82, 2.24) is 9.55 Å². The minimum Gasteiger partial charge on any atom is -0.292 e. The predicted molar refractivity (Wildman–Crippen MR) is 74.8 cm³/mol. The fourth-order valence-electron chi connectivity index (χ4n) is 1.51. The van der Waals surface area contributed by atoms with Gasteiger partial charge in [0.25, 0.3) is 5.56 Å². The number of nitrogens with one attached hydrogen (secondary N) is 1. The van der Waals surface area contributed by atoms with Crippen LogP contribution in [0.25, 0.3) is 0 Å². The Morgan fingerprint density at radius 2 is 2.11 bits per heavy atom. The van der Waals surface area contributed by atoms with Gasteiger partial charge in [0.15, 0.2) is 5.78 Å². The maximum Gasteiger partial charge on any atom is 0.328 e. The zero-order valence-corrected chi connectivity index (χ0v) is 11.9. The first-order valence-corrected chi connectivity index (χ1v) is 6.42. The molecule has 0 saturated carbocycles. The standard InChI is InChI=1S/C12H8BrClN2O3/c13-8-3-1-2-7(4-8)10(17)6-16-5-9(14)11(18)15-12(16)19/h1-5H,6H2,(H,15,18,19). The Balaban J connectivity index is 2.32. The molecule has 0 unspecified atom stereocenters. The maximum atomic E-state index is 12.0. The maximum absolute atomic E-state index is 12.0. The van der Waals surface area contributed by atoms with E-state index in [0.29, 0.717) is 5.56 Å². The van der Waals surface area contributed by atoms with Crippen LogP contribution in [-0.4, -0.2) is 15.3 Å².